The van der Waals surface area contributed by atoms with Crippen molar-refractivity contribution in [2.75, 3.05) is 12.5 Å². The van der Waals surface area contributed by atoms with Gasteiger partial charge >= 0.3 is 0 Å². The van der Waals surface area contributed by atoms with Gasteiger partial charge in [0.1, 0.15) is 5.82 Å². The molecule has 0 N–H and O–H groups in total. The van der Waals surface area contributed by atoms with Crippen molar-refractivity contribution in [1.29, 1.82) is 0 Å². The minimum absolute atomic E-state index is 0.0646. The molecule has 0 aromatic heterocycles. The van der Waals surface area contributed by atoms with Crippen molar-refractivity contribution in [3.63, 3.8) is 0 Å². The van der Waals surface area contributed by atoms with E-state index in [9.17, 15) is 4.39 Å². The van der Waals surface area contributed by atoms with Crippen molar-refractivity contribution in [2.24, 2.45) is 11.3 Å². The molecule has 1 aromatic carbocycles. The second kappa shape index (κ2) is 4.82. The lowest BCUT2D eigenvalue weighted by molar-refractivity contribution is 0.0400. The first-order valence-corrected chi connectivity index (χ1v) is 7.20. The molecule has 0 radical (unpaired) electrons. The topological polar surface area (TPSA) is 9.23 Å². The summed E-state index contributed by atoms with van der Waals surface area (Å²) in [6, 6.07) is 7.02. The third kappa shape index (κ3) is 2.17. The highest BCUT2D eigenvalue weighted by molar-refractivity contribution is 6.18. The Morgan fingerprint density at radius 2 is 2.11 bits per heavy atom. The molecule has 2 aliphatic rings. The van der Waals surface area contributed by atoms with E-state index in [1.165, 1.54) is 18.9 Å². The van der Waals surface area contributed by atoms with E-state index in [0.717, 1.165) is 18.6 Å². The second-order valence-electron chi connectivity index (χ2n) is 5.64. The number of ether oxygens (including phenoxy) is 1. The van der Waals surface area contributed by atoms with Gasteiger partial charge in [-0.05, 0) is 43.2 Å². The van der Waals surface area contributed by atoms with Gasteiger partial charge in [0, 0.05) is 17.9 Å². The molecule has 3 heteroatoms. The number of halogens is 2. The lowest BCUT2D eigenvalue weighted by Gasteiger charge is -2.32. The molecule has 1 saturated carbocycles. The second-order valence-corrected chi connectivity index (χ2v) is 5.91. The first kappa shape index (κ1) is 12.4. The fourth-order valence-corrected chi connectivity index (χ4v) is 3.52. The van der Waals surface area contributed by atoms with Crippen molar-refractivity contribution in [2.45, 2.75) is 31.8 Å². The molecule has 1 aromatic rings. The van der Waals surface area contributed by atoms with Gasteiger partial charge in [-0.15, -0.1) is 11.6 Å². The summed E-state index contributed by atoms with van der Waals surface area (Å²) in [6.45, 7) is 0.766. The zero-order chi connectivity index (χ0) is 12.6. The molecule has 2 fully saturated rings. The minimum Gasteiger partial charge on any atom is -0.377 e. The molecular weight excluding hydrogens is 251 g/mol. The lowest BCUT2D eigenvalue weighted by atomic mass is 9.75. The predicted octanol–water partition coefficient (Wildman–Crippen LogP) is 3.79. The summed E-state index contributed by atoms with van der Waals surface area (Å²) in [7, 11) is 0. The monoisotopic (exact) mass is 268 g/mol. The van der Waals surface area contributed by atoms with Crippen molar-refractivity contribution in [3.8, 4) is 0 Å². The molecule has 18 heavy (non-hydrogen) atoms. The van der Waals surface area contributed by atoms with Crippen LogP contribution in [0.15, 0.2) is 24.3 Å². The zero-order valence-electron chi connectivity index (χ0n) is 10.4. The van der Waals surface area contributed by atoms with E-state index in [-0.39, 0.29) is 17.3 Å². The molecule has 0 amide bonds. The van der Waals surface area contributed by atoms with Crippen LogP contribution in [0.1, 0.15) is 24.8 Å². The van der Waals surface area contributed by atoms with Crippen LogP contribution in [0.3, 0.4) is 0 Å². The summed E-state index contributed by atoms with van der Waals surface area (Å²) >= 11 is 6.23. The van der Waals surface area contributed by atoms with Crippen LogP contribution in [0, 0.1) is 17.2 Å². The number of hydrogen-bond donors (Lipinski definition) is 0. The Labute approximate surface area is 112 Å². The van der Waals surface area contributed by atoms with E-state index in [1.807, 2.05) is 12.1 Å². The van der Waals surface area contributed by atoms with Gasteiger partial charge in [-0.25, -0.2) is 4.39 Å². The summed E-state index contributed by atoms with van der Waals surface area (Å²) < 4.78 is 19.7. The predicted molar refractivity (Wildman–Crippen MR) is 70.3 cm³/mol. The summed E-state index contributed by atoms with van der Waals surface area (Å²) in [6.07, 6.45) is 4.35. The van der Waals surface area contributed by atoms with Crippen LogP contribution < -0.4 is 0 Å². The van der Waals surface area contributed by atoms with Gasteiger partial charge in [-0.3, -0.25) is 0 Å². The Morgan fingerprint density at radius 3 is 2.78 bits per heavy atom. The fraction of sp³-hybridized carbons (Fsp3) is 0.600. The Morgan fingerprint density at radius 1 is 1.33 bits per heavy atom. The Balaban J connectivity index is 1.85. The van der Waals surface area contributed by atoms with Crippen LogP contribution in [-0.4, -0.2) is 18.6 Å². The van der Waals surface area contributed by atoms with Gasteiger partial charge in [0.2, 0.25) is 0 Å². The molecule has 2 atom stereocenters. The van der Waals surface area contributed by atoms with E-state index in [2.05, 4.69) is 0 Å². The van der Waals surface area contributed by atoms with Gasteiger partial charge in [0.25, 0.3) is 0 Å². The van der Waals surface area contributed by atoms with Crippen molar-refractivity contribution in [3.05, 3.63) is 35.6 Å². The standard InChI is InChI=1S/C15H18ClFO/c16-10-15(7-8-18-14(15)11-5-6-11)9-12-3-1-2-4-13(12)17/h1-4,11,14H,5-10H2. The highest BCUT2D eigenvalue weighted by Gasteiger charge is 2.50. The highest BCUT2D eigenvalue weighted by Crippen LogP contribution is 2.50. The summed E-state index contributed by atoms with van der Waals surface area (Å²) in [4.78, 5) is 0. The number of rotatable bonds is 4. The zero-order valence-corrected chi connectivity index (χ0v) is 11.1. The van der Waals surface area contributed by atoms with Crippen LogP contribution in [0.5, 0.6) is 0 Å². The molecule has 1 aliphatic heterocycles. The molecule has 0 bridgehead atoms. The number of hydrogen-bond acceptors (Lipinski definition) is 1. The van der Waals surface area contributed by atoms with Gasteiger partial charge in [0.05, 0.1) is 6.10 Å². The quantitative estimate of drug-likeness (QED) is 0.755. The third-order valence-electron chi connectivity index (χ3n) is 4.32. The van der Waals surface area contributed by atoms with Gasteiger partial charge in [0.15, 0.2) is 0 Å². The molecule has 1 nitrogen and oxygen atoms in total. The fourth-order valence-electron chi connectivity index (χ4n) is 3.14. The third-order valence-corrected chi connectivity index (χ3v) is 4.85. The summed E-state index contributed by atoms with van der Waals surface area (Å²) in [5.74, 6) is 1.09. The van der Waals surface area contributed by atoms with Crippen molar-refractivity contribution < 1.29 is 9.13 Å². The van der Waals surface area contributed by atoms with E-state index >= 15 is 0 Å². The maximum atomic E-state index is 13.8. The average molecular weight is 269 g/mol. The van der Waals surface area contributed by atoms with E-state index < -0.39 is 0 Å². The molecule has 3 rings (SSSR count). The molecule has 1 heterocycles. The first-order chi connectivity index (χ1) is 8.75. The SMILES string of the molecule is Fc1ccccc1CC1(CCl)CCOC1C1CC1. The largest absolute Gasteiger partial charge is 0.377 e. The van der Waals surface area contributed by atoms with Gasteiger partial charge < -0.3 is 4.74 Å². The van der Waals surface area contributed by atoms with Crippen LogP contribution in [-0.2, 0) is 11.2 Å². The Hall–Kier alpha value is -0.600. The lowest BCUT2D eigenvalue weighted by Crippen LogP contribution is -2.37. The molecule has 1 saturated heterocycles. The van der Waals surface area contributed by atoms with Gasteiger partial charge in [-0.1, -0.05) is 18.2 Å². The molecule has 0 spiro atoms. The minimum atomic E-state index is -0.122. The normalized spacial score (nSPS) is 31.8. The average Bonchev–Trinajstić information content (AvgIpc) is 3.14. The van der Waals surface area contributed by atoms with Gasteiger partial charge in [-0.2, -0.15) is 0 Å². The summed E-state index contributed by atoms with van der Waals surface area (Å²) in [5, 5.41) is 0. The molecule has 1 aliphatic carbocycles. The highest BCUT2D eigenvalue weighted by atomic mass is 35.5. The maximum absolute atomic E-state index is 13.8. The molecule has 98 valence electrons. The van der Waals surface area contributed by atoms with Crippen LogP contribution in [0.25, 0.3) is 0 Å². The van der Waals surface area contributed by atoms with Crippen molar-refractivity contribution in [1.82, 2.24) is 0 Å². The first-order valence-electron chi connectivity index (χ1n) is 6.66. The van der Waals surface area contributed by atoms with E-state index in [0.29, 0.717) is 18.2 Å². The number of alkyl halides is 1. The maximum Gasteiger partial charge on any atom is 0.126 e. The smallest absolute Gasteiger partial charge is 0.126 e. The van der Waals surface area contributed by atoms with E-state index in [4.69, 9.17) is 16.3 Å². The van der Waals surface area contributed by atoms with Crippen molar-refractivity contribution >= 4 is 11.6 Å². The van der Waals surface area contributed by atoms with Crippen LogP contribution in [0.2, 0.25) is 0 Å². The van der Waals surface area contributed by atoms with Crippen LogP contribution in [0.4, 0.5) is 4.39 Å². The van der Waals surface area contributed by atoms with E-state index in [1.54, 1.807) is 6.07 Å². The summed E-state index contributed by atoms with van der Waals surface area (Å²) in [5.41, 5.74) is 0.708. The Kier molecular flexibility index (Phi) is 3.33. The molecular formula is C15H18ClFO. The van der Waals surface area contributed by atoms with Crippen LogP contribution >= 0.6 is 11.6 Å². The molecule has 2 unspecified atom stereocenters. The number of benzene rings is 1. The Bertz CT molecular complexity index is 432.